The molecule has 0 radical (unpaired) electrons. The van der Waals surface area contributed by atoms with Crippen LogP contribution in [0.5, 0.6) is 0 Å². The van der Waals surface area contributed by atoms with Crippen molar-refractivity contribution in [3.05, 3.63) is 0 Å². The third-order valence-electron chi connectivity index (χ3n) is 1.58. The number of hydrogen-bond acceptors (Lipinski definition) is 4. The monoisotopic (exact) mass is 207 g/mol. The van der Waals surface area contributed by atoms with E-state index in [2.05, 4.69) is 0 Å². The molecule has 0 heterocycles. The number of carbonyl (C=O) groups is 1. The number of carboxylic acids is 1. The first-order valence-corrected chi connectivity index (χ1v) is 5.44. The van der Waals surface area contributed by atoms with Crippen molar-refractivity contribution < 1.29 is 15.0 Å². The van der Waals surface area contributed by atoms with Crippen molar-refractivity contribution in [2.45, 2.75) is 31.9 Å². The van der Waals surface area contributed by atoms with Crippen molar-refractivity contribution in [3.8, 4) is 0 Å². The van der Waals surface area contributed by atoms with E-state index in [1.54, 1.807) is 0 Å². The molecule has 0 amide bonds. The van der Waals surface area contributed by atoms with Gasteiger partial charge in [0.15, 0.2) is 0 Å². The Morgan fingerprint density at radius 3 is 2.62 bits per heavy atom. The van der Waals surface area contributed by atoms with E-state index in [0.29, 0.717) is 5.75 Å². The average molecular weight is 207 g/mol. The minimum atomic E-state index is -0.965. The maximum atomic E-state index is 10.2. The number of carboxylic acid groups (broad SMARTS) is 1. The van der Waals surface area contributed by atoms with E-state index in [9.17, 15) is 4.79 Å². The van der Waals surface area contributed by atoms with Crippen molar-refractivity contribution in [3.63, 3.8) is 0 Å². The fraction of sp³-hybridized carbons (Fsp3) is 0.875. The number of aliphatic hydroxyl groups is 1. The summed E-state index contributed by atoms with van der Waals surface area (Å²) in [7, 11) is 0. The fourth-order valence-corrected chi connectivity index (χ4v) is 1.80. The lowest BCUT2D eigenvalue weighted by Crippen LogP contribution is -2.23. The van der Waals surface area contributed by atoms with E-state index < -0.39 is 12.1 Å². The maximum absolute atomic E-state index is 10.2. The van der Waals surface area contributed by atoms with E-state index in [1.807, 2.05) is 6.92 Å². The Morgan fingerprint density at radius 1 is 1.54 bits per heavy atom. The van der Waals surface area contributed by atoms with Crippen LogP contribution in [0.4, 0.5) is 0 Å². The summed E-state index contributed by atoms with van der Waals surface area (Å²) in [5, 5.41) is 17.5. The van der Waals surface area contributed by atoms with Crippen LogP contribution in [0.1, 0.15) is 19.8 Å². The molecule has 4 nitrogen and oxygen atoms in total. The molecule has 0 aliphatic heterocycles. The first-order chi connectivity index (χ1) is 6.06. The van der Waals surface area contributed by atoms with Gasteiger partial charge in [0.25, 0.3) is 0 Å². The van der Waals surface area contributed by atoms with Crippen LogP contribution in [0.2, 0.25) is 0 Å². The lowest BCUT2D eigenvalue weighted by atomic mass is 10.3. The molecule has 2 unspecified atom stereocenters. The van der Waals surface area contributed by atoms with Crippen LogP contribution >= 0.6 is 11.8 Å². The van der Waals surface area contributed by atoms with Crippen LogP contribution in [0.25, 0.3) is 0 Å². The van der Waals surface area contributed by atoms with Crippen LogP contribution in [0, 0.1) is 0 Å². The molecule has 0 aromatic rings. The molecule has 13 heavy (non-hydrogen) atoms. The number of rotatable bonds is 7. The Balaban J connectivity index is 3.36. The van der Waals surface area contributed by atoms with Gasteiger partial charge in [-0.15, -0.1) is 0 Å². The summed E-state index contributed by atoms with van der Waals surface area (Å²) in [6.45, 7) is 2.00. The van der Waals surface area contributed by atoms with Gasteiger partial charge in [0.1, 0.15) is 0 Å². The highest BCUT2D eigenvalue weighted by Gasteiger charge is 2.09. The zero-order valence-corrected chi connectivity index (χ0v) is 8.59. The normalized spacial score (nSPS) is 15.3. The van der Waals surface area contributed by atoms with Crippen LogP contribution in [0.3, 0.4) is 0 Å². The summed E-state index contributed by atoms with van der Waals surface area (Å²) in [5.41, 5.74) is 5.64. The lowest BCUT2D eigenvalue weighted by Gasteiger charge is -2.10. The van der Waals surface area contributed by atoms with Gasteiger partial charge in [0.2, 0.25) is 0 Å². The summed E-state index contributed by atoms with van der Waals surface area (Å²) in [6, 6.07) is 0.141. The quantitative estimate of drug-likeness (QED) is 0.559. The van der Waals surface area contributed by atoms with Gasteiger partial charge in [-0.2, -0.15) is 11.8 Å². The van der Waals surface area contributed by atoms with Gasteiger partial charge in [-0.05, 0) is 6.42 Å². The van der Waals surface area contributed by atoms with Gasteiger partial charge in [0, 0.05) is 17.5 Å². The summed E-state index contributed by atoms with van der Waals surface area (Å²) in [5.74, 6) is 0.251. The Morgan fingerprint density at radius 2 is 2.15 bits per heavy atom. The molecule has 0 rings (SSSR count). The van der Waals surface area contributed by atoms with E-state index >= 15 is 0 Å². The molecule has 0 saturated heterocycles. The highest BCUT2D eigenvalue weighted by Crippen LogP contribution is 2.07. The highest BCUT2D eigenvalue weighted by molar-refractivity contribution is 7.99. The molecule has 0 saturated carbocycles. The second-order valence-corrected chi connectivity index (χ2v) is 4.03. The van der Waals surface area contributed by atoms with E-state index in [0.717, 1.165) is 12.2 Å². The molecule has 0 aromatic carbocycles. The minimum absolute atomic E-state index is 0.141. The van der Waals surface area contributed by atoms with Gasteiger partial charge >= 0.3 is 5.97 Å². The van der Waals surface area contributed by atoms with Crippen LogP contribution < -0.4 is 5.73 Å². The third kappa shape index (κ3) is 8.08. The molecule has 78 valence electrons. The van der Waals surface area contributed by atoms with E-state index in [1.165, 1.54) is 11.8 Å². The highest BCUT2D eigenvalue weighted by atomic mass is 32.2. The van der Waals surface area contributed by atoms with Gasteiger partial charge in [0.05, 0.1) is 12.5 Å². The molecule has 0 aromatic heterocycles. The Kier molecular flexibility index (Phi) is 7.03. The number of thioether (sulfide) groups is 1. The zero-order chi connectivity index (χ0) is 10.3. The summed E-state index contributed by atoms with van der Waals surface area (Å²) >= 11 is 1.50. The summed E-state index contributed by atoms with van der Waals surface area (Å²) in [6.07, 6.45) is -0.0392. The van der Waals surface area contributed by atoms with Crippen molar-refractivity contribution in [1.82, 2.24) is 0 Å². The molecule has 0 fully saturated rings. The second kappa shape index (κ2) is 7.17. The minimum Gasteiger partial charge on any atom is -0.481 e. The summed E-state index contributed by atoms with van der Waals surface area (Å²) < 4.78 is 0. The predicted molar refractivity (Wildman–Crippen MR) is 53.9 cm³/mol. The van der Waals surface area contributed by atoms with Gasteiger partial charge < -0.3 is 15.9 Å². The average Bonchev–Trinajstić information content (AvgIpc) is 2.02. The number of aliphatic carboxylic acids is 1. The predicted octanol–water partition coefficient (Wildman–Crippen LogP) is 0.292. The van der Waals surface area contributed by atoms with Crippen molar-refractivity contribution in [2.75, 3.05) is 11.5 Å². The van der Waals surface area contributed by atoms with Gasteiger partial charge in [-0.1, -0.05) is 6.92 Å². The van der Waals surface area contributed by atoms with Crippen molar-refractivity contribution >= 4 is 17.7 Å². The molecule has 0 spiro atoms. The molecule has 0 aliphatic rings. The molecular formula is C8H17NO3S. The van der Waals surface area contributed by atoms with E-state index in [4.69, 9.17) is 15.9 Å². The maximum Gasteiger partial charge on any atom is 0.306 e. The van der Waals surface area contributed by atoms with Gasteiger partial charge in [-0.3, -0.25) is 4.79 Å². The molecular weight excluding hydrogens is 190 g/mol. The first kappa shape index (κ1) is 12.7. The van der Waals surface area contributed by atoms with Crippen LogP contribution in [-0.2, 0) is 4.79 Å². The number of aliphatic hydroxyl groups excluding tert-OH is 1. The third-order valence-corrected chi connectivity index (χ3v) is 2.86. The first-order valence-electron chi connectivity index (χ1n) is 4.29. The standard InChI is InChI=1S/C8H17NO3S/c1-2-6(9)4-13-5-7(10)3-8(11)12/h6-7,10H,2-5,9H2,1H3,(H,11,12). The smallest absolute Gasteiger partial charge is 0.306 e. The SMILES string of the molecule is CCC(N)CSCC(O)CC(=O)O. The Bertz CT molecular complexity index is 154. The molecule has 2 atom stereocenters. The topological polar surface area (TPSA) is 83.5 Å². The van der Waals surface area contributed by atoms with Crippen LogP contribution in [0.15, 0.2) is 0 Å². The largest absolute Gasteiger partial charge is 0.481 e. The number of nitrogens with two attached hydrogens (primary N) is 1. The summed E-state index contributed by atoms with van der Waals surface area (Å²) in [4.78, 5) is 10.2. The van der Waals surface area contributed by atoms with Gasteiger partial charge in [-0.25, -0.2) is 0 Å². The van der Waals surface area contributed by atoms with Crippen LogP contribution in [-0.4, -0.2) is 39.8 Å². The fourth-order valence-electron chi connectivity index (χ4n) is 0.734. The second-order valence-electron chi connectivity index (χ2n) is 2.96. The molecule has 4 N–H and O–H groups in total. The zero-order valence-electron chi connectivity index (χ0n) is 7.77. The molecule has 0 aliphatic carbocycles. The molecule has 0 bridgehead atoms. The number of hydrogen-bond donors (Lipinski definition) is 3. The molecule has 5 heteroatoms. The van der Waals surface area contributed by atoms with Crippen molar-refractivity contribution in [2.24, 2.45) is 5.73 Å². The lowest BCUT2D eigenvalue weighted by molar-refractivity contribution is -0.138. The Labute approximate surface area is 82.5 Å². The Hall–Kier alpha value is -0.260. The van der Waals surface area contributed by atoms with Crippen molar-refractivity contribution in [1.29, 1.82) is 0 Å². The van der Waals surface area contributed by atoms with E-state index in [-0.39, 0.29) is 12.5 Å².